The maximum atomic E-state index is 4.83. The number of nitrogens with zero attached hydrogens (tertiary/aromatic N) is 10. The molecule has 0 aromatic carbocycles. The quantitative estimate of drug-likeness (QED) is 0.103. The van der Waals surface area contributed by atoms with Gasteiger partial charge in [-0.2, -0.15) is 11.3 Å². The number of imidazole rings is 2. The number of hydrogen-bond donors (Lipinski definition) is 4. The normalized spacial score (nSPS) is 8.83. The molecule has 16 aromatic heterocycles. The average molecular weight is 1530 g/mol. The summed E-state index contributed by atoms with van der Waals surface area (Å²) in [6.45, 7) is 31.7. The molecule has 0 unspecified atom stereocenters. The van der Waals surface area contributed by atoms with E-state index >= 15 is 0 Å². The van der Waals surface area contributed by atoms with Gasteiger partial charge in [-0.15, -0.1) is 65.7 Å². The molecule has 0 aliphatic heterocycles. The molecule has 0 saturated heterocycles. The van der Waals surface area contributed by atoms with Crippen molar-refractivity contribution in [2.45, 2.75) is 111 Å². The molecule has 0 amide bonds. The first-order valence-electron chi connectivity index (χ1n) is 29.3. The summed E-state index contributed by atoms with van der Waals surface area (Å²) < 4.78 is 25.1. The fourth-order valence-electron chi connectivity index (χ4n) is 5.18. The predicted molar refractivity (Wildman–Crippen MR) is 399 cm³/mol. The number of hydrogen-bond acceptors (Lipinski definition) is 20. The van der Waals surface area contributed by atoms with Crippen LogP contribution < -0.4 is 0 Å². The smallest absolute Gasteiger partial charge is 0.213 e. The summed E-state index contributed by atoms with van der Waals surface area (Å²) in [5.41, 5.74) is 11.1. The van der Waals surface area contributed by atoms with Gasteiger partial charge in [-0.05, 0) is 164 Å². The van der Waals surface area contributed by atoms with E-state index in [1.807, 2.05) is 134 Å². The number of rotatable bonds is 0. The van der Waals surface area contributed by atoms with E-state index in [9.17, 15) is 0 Å². The molecule has 0 fully saturated rings. The van der Waals surface area contributed by atoms with Crippen molar-refractivity contribution in [1.29, 1.82) is 0 Å². The van der Waals surface area contributed by atoms with Gasteiger partial charge in [-0.25, -0.2) is 19.9 Å². The van der Waals surface area contributed by atoms with E-state index in [1.165, 1.54) is 54.9 Å². The summed E-state index contributed by atoms with van der Waals surface area (Å²) in [6.07, 6.45) is 29.0. The van der Waals surface area contributed by atoms with Crippen LogP contribution in [-0.4, -0.2) is 99.2 Å². The summed E-state index contributed by atoms with van der Waals surface area (Å²) in [5.74, 6) is 4.12. The van der Waals surface area contributed by atoms with E-state index in [1.54, 1.807) is 145 Å². The van der Waals surface area contributed by atoms with Gasteiger partial charge in [0.25, 0.3) is 0 Å². The summed E-state index contributed by atoms with van der Waals surface area (Å²) in [6, 6.07) is 24.5. The molecule has 0 spiro atoms. The predicted octanol–water partition coefficient (Wildman–Crippen LogP) is 19.6. The van der Waals surface area contributed by atoms with Gasteiger partial charge in [-0.3, -0.25) is 9.97 Å². The van der Waals surface area contributed by atoms with Gasteiger partial charge >= 0.3 is 85.9 Å². The Labute approximate surface area is 597 Å². The Kier molecular flexibility index (Phi) is 52.3. The van der Waals surface area contributed by atoms with Crippen LogP contribution in [0.2, 0.25) is 0 Å². The van der Waals surface area contributed by atoms with Crippen molar-refractivity contribution in [3.63, 3.8) is 0 Å². The number of aromatic nitrogens is 14. The molecule has 0 bridgehead atoms. The molecule has 0 aliphatic carbocycles. The Morgan fingerprint density at radius 3 is 1.46 bits per heavy atom. The molecule has 26 heteroatoms. The molecule has 0 saturated carbocycles. The fraction of sp³-hybridized carbons (Fsp3) is 0.229. The Hall–Kier alpha value is -8.68. The third kappa shape index (κ3) is 56.8. The zero-order chi connectivity index (χ0) is 70.5. The van der Waals surface area contributed by atoms with Crippen LogP contribution in [0.25, 0.3) is 0 Å². The Bertz CT molecular complexity index is 2810. The van der Waals surface area contributed by atoms with Gasteiger partial charge in [0.05, 0.1) is 48.0 Å². The maximum absolute atomic E-state index is 4.83. The fourth-order valence-corrected chi connectivity index (χ4v) is 10.1. The number of thiazole rings is 2. The minimum atomic E-state index is 0.606. The van der Waals surface area contributed by atoms with Gasteiger partial charge in [0, 0.05) is 89.9 Å². The number of H-pyrrole nitrogens is 4. The molecule has 96 heavy (non-hydrogen) atoms. The first-order valence-corrected chi connectivity index (χ1v) is 37.5. The topological polar surface area (TPSA) is 258 Å². The molecule has 16 heterocycles. The largest absolute Gasteiger partial charge is 0.472 e. The standard InChI is InChI=1S/2C5H7N.2C5H6O.2C5H6S.2C5H6Se.2C4H6N2.2C4H5NO.2C4H5NS.C3H4N2O.C3H4N2S/c1-5-2-3-6-4-5;1-5-3-2-4-6-5;1-5-2-3-6-4-5;1-5-3-2-4-6-5;1-5-2-3-6-4-5;1-5-3-2-4-6-5;1-5-2-3-6-4-5;1-5-3-2-4-6-5;1-4-2-5-3-6-4;1-4-5-2-3-6-4;1-4-2-5-3-6-4;1-4-5-2-3-6-4;1-4-2-5-3-6-4;1-4-5-2-3-6-4;2*1-3-5-4-2-6-3/h2*2-4,6H,1H3;6*2-4H,1H3;2*2-3H,1H3,(H,5,6);4*2-3H,1H3;2*2H,1H3. The van der Waals surface area contributed by atoms with Gasteiger partial charge in [0.2, 0.25) is 12.3 Å². The van der Waals surface area contributed by atoms with Gasteiger partial charge in [0.15, 0.2) is 12.3 Å². The van der Waals surface area contributed by atoms with Crippen molar-refractivity contribution in [2.75, 3.05) is 0 Å². The molecule has 16 rings (SSSR count). The molecular formula is C70H90N14O5S5Se2. The molecule has 4 N–H and O–H groups in total. The average Bonchev–Trinajstić information content (AvgIpc) is 4.35. The Morgan fingerprint density at radius 2 is 1.29 bits per heavy atom. The second-order valence-electron chi connectivity index (χ2n) is 19.0. The van der Waals surface area contributed by atoms with Crippen molar-refractivity contribution in [3.05, 3.63) is 313 Å². The van der Waals surface area contributed by atoms with Crippen molar-refractivity contribution in [1.82, 2.24) is 70.2 Å². The van der Waals surface area contributed by atoms with Crippen LogP contribution in [0, 0.1) is 111 Å². The molecule has 512 valence electrons. The van der Waals surface area contributed by atoms with E-state index in [0.717, 1.165) is 38.9 Å². The minimum Gasteiger partial charge on any atom is -0.472 e. The van der Waals surface area contributed by atoms with Crippen molar-refractivity contribution in [2.24, 2.45) is 0 Å². The molecule has 0 radical (unpaired) electrons. The molecule has 16 aromatic rings. The van der Waals surface area contributed by atoms with Crippen LogP contribution >= 0.6 is 56.7 Å². The number of thiophene rings is 2. The van der Waals surface area contributed by atoms with Crippen LogP contribution in [0.4, 0.5) is 0 Å². The van der Waals surface area contributed by atoms with Crippen molar-refractivity contribution < 1.29 is 22.1 Å². The van der Waals surface area contributed by atoms with Crippen LogP contribution in [0.1, 0.15) is 87.0 Å². The molecular weight excluding hydrogens is 1440 g/mol. The van der Waals surface area contributed by atoms with Gasteiger partial charge in [0.1, 0.15) is 34.1 Å². The first kappa shape index (κ1) is 85.3. The molecule has 19 nitrogen and oxygen atoms in total. The zero-order valence-corrected chi connectivity index (χ0v) is 64.8. The Morgan fingerprint density at radius 1 is 0.458 bits per heavy atom. The van der Waals surface area contributed by atoms with Crippen molar-refractivity contribution >= 4 is 85.7 Å². The van der Waals surface area contributed by atoms with E-state index in [0.29, 0.717) is 34.9 Å². The maximum Gasteiger partial charge on any atom is 0.213 e. The summed E-state index contributed by atoms with van der Waals surface area (Å²) in [4.78, 5) is 43.9. The monoisotopic (exact) mass is 1530 g/mol. The molecule has 0 atom stereocenters. The van der Waals surface area contributed by atoms with Crippen LogP contribution in [0.5, 0.6) is 0 Å². The summed E-state index contributed by atoms with van der Waals surface area (Å²) in [5, 5.41) is 24.6. The Balaban J connectivity index is 0.000000512. The number of oxazole rings is 2. The SMILES string of the molecule is Cc1cc[nH]c1.Cc1cc[se]c1.Cc1ccc[nH]1.Cc1ccc[se]1.Cc1ccco1.Cc1cccs1.Cc1ccoc1.Cc1ccsc1.Cc1cnc[nH]1.Cc1cnco1.Cc1cncs1.Cc1ncc[nH]1.Cc1ncco1.Cc1nccs1.Cc1nnco1.Cc1nncs1. The van der Waals surface area contributed by atoms with Gasteiger partial charge in [-0.1, -0.05) is 6.07 Å². The van der Waals surface area contributed by atoms with Gasteiger partial charge < -0.3 is 42.0 Å². The van der Waals surface area contributed by atoms with E-state index in [2.05, 4.69) is 177 Å². The minimum absolute atomic E-state index is 0.606. The van der Waals surface area contributed by atoms with Crippen LogP contribution in [-0.2, 0) is 0 Å². The van der Waals surface area contributed by atoms with E-state index in [4.69, 9.17) is 17.7 Å². The second-order valence-corrected chi connectivity index (χ2v) is 28.2. The molecule has 0 aliphatic rings. The number of nitrogens with one attached hydrogen (secondary N) is 4. The number of furan rings is 2. The zero-order valence-electron chi connectivity index (χ0n) is 57.3. The van der Waals surface area contributed by atoms with E-state index < -0.39 is 0 Å². The number of aromatic amines is 4. The first-order chi connectivity index (χ1) is 46.3. The second kappa shape index (κ2) is 58.9. The van der Waals surface area contributed by atoms with E-state index in [-0.39, 0.29) is 0 Å². The van der Waals surface area contributed by atoms with Crippen LogP contribution in [0.3, 0.4) is 0 Å². The van der Waals surface area contributed by atoms with Crippen molar-refractivity contribution in [3.8, 4) is 0 Å². The summed E-state index contributed by atoms with van der Waals surface area (Å²) in [7, 11) is 0. The number of aryl methyl sites for hydroxylation is 16. The third-order valence-electron chi connectivity index (χ3n) is 9.92. The third-order valence-corrected chi connectivity index (χ3v) is 16.9. The summed E-state index contributed by atoms with van der Waals surface area (Å²) >= 11 is 9.81. The van der Waals surface area contributed by atoms with Crippen LogP contribution in [0.15, 0.2) is 248 Å².